The number of aliphatic hydroxyl groups is 1. The molecule has 2 heterocycles. The van der Waals surface area contributed by atoms with Crippen molar-refractivity contribution in [1.82, 2.24) is 15.3 Å². The molecule has 0 aliphatic rings. The highest BCUT2D eigenvalue weighted by Gasteiger charge is 2.08. The zero-order valence-electron chi connectivity index (χ0n) is 15.3. The van der Waals surface area contributed by atoms with Crippen LogP contribution in [0.2, 0.25) is 0 Å². The molecule has 8 heteroatoms. The van der Waals surface area contributed by atoms with Crippen LogP contribution in [0, 0.1) is 0 Å². The summed E-state index contributed by atoms with van der Waals surface area (Å²) in [5.74, 6) is -0.121. The Morgan fingerprint density at radius 1 is 1.25 bits per heavy atom. The van der Waals surface area contributed by atoms with Gasteiger partial charge in [-0.15, -0.1) is 11.3 Å². The van der Waals surface area contributed by atoms with Gasteiger partial charge in [-0.2, -0.15) is 0 Å². The van der Waals surface area contributed by atoms with Crippen molar-refractivity contribution >= 4 is 28.1 Å². The van der Waals surface area contributed by atoms with Gasteiger partial charge in [-0.05, 0) is 36.7 Å². The van der Waals surface area contributed by atoms with Crippen LogP contribution in [0.5, 0.6) is 0 Å². The van der Waals surface area contributed by atoms with E-state index in [-0.39, 0.29) is 12.3 Å². The zero-order valence-corrected chi connectivity index (χ0v) is 16.2. The van der Waals surface area contributed by atoms with Crippen LogP contribution in [0.4, 0.5) is 10.8 Å². The average Bonchev–Trinajstić information content (AvgIpc) is 3.11. The minimum atomic E-state index is -0.570. The van der Waals surface area contributed by atoms with Gasteiger partial charge in [-0.25, -0.2) is 4.98 Å². The lowest BCUT2D eigenvalue weighted by atomic mass is 10.1. The zero-order chi connectivity index (χ0) is 19.8. The molecule has 2 aromatic heterocycles. The topological polar surface area (TPSA) is 113 Å². The molecule has 3 aromatic rings. The van der Waals surface area contributed by atoms with E-state index < -0.39 is 6.10 Å². The Morgan fingerprint density at radius 2 is 2.07 bits per heavy atom. The number of nitrogens with two attached hydrogens (primary N) is 1. The third-order valence-electron chi connectivity index (χ3n) is 4.15. The molecule has 0 aliphatic carbocycles. The summed E-state index contributed by atoms with van der Waals surface area (Å²) in [4.78, 5) is 20.1. The molecule has 0 saturated carbocycles. The fourth-order valence-electron chi connectivity index (χ4n) is 2.69. The van der Waals surface area contributed by atoms with Crippen molar-refractivity contribution in [2.75, 3.05) is 24.1 Å². The smallest absolute Gasteiger partial charge is 0.230 e. The van der Waals surface area contributed by atoms with Gasteiger partial charge in [0.15, 0.2) is 5.13 Å². The number of amides is 1. The maximum atomic E-state index is 12.0. The number of thiazole rings is 1. The second kappa shape index (κ2) is 9.93. The Hall–Kier alpha value is -2.81. The number of aromatic nitrogens is 2. The number of pyridine rings is 1. The van der Waals surface area contributed by atoms with Crippen LogP contribution in [-0.4, -0.2) is 34.1 Å². The first-order valence-corrected chi connectivity index (χ1v) is 9.85. The van der Waals surface area contributed by atoms with Crippen LogP contribution in [0.3, 0.4) is 0 Å². The normalized spacial score (nSPS) is 11.9. The molecule has 0 radical (unpaired) electrons. The molecular weight excluding hydrogens is 374 g/mol. The highest BCUT2D eigenvalue weighted by atomic mass is 32.1. The number of carbonyl (C=O) groups is 1. The minimum Gasteiger partial charge on any atom is -0.387 e. The van der Waals surface area contributed by atoms with Crippen molar-refractivity contribution in [3.63, 3.8) is 0 Å². The lowest BCUT2D eigenvalue weighted by molar-refractivity contribution is -0.115. The predicted octanol–water partition coefficient (Wildman–Crippen LogP) is 2.17. The van der Waals surface area contributed by atoms with Gasteiger partial charge in [-0.3, -0.25) is 9.78 Å². The van der Waals surface area contributed by atoms with Crippen molar-refractivity contribution in [1.29, 1.82) is 0 Å². The first-order chi connectivity index (χ1) is 13.6. The first kappa shape index (κ1) is 19.9. The fraction of sp³-hybridized carbons (Fsp3) is 0.250. The van der Waals surface area contributed by atoms with E-state index in [0.29, 0.717) is 17.4 Å². The van der Waals surface area contributed by atoms with Crippen LogP contribution in [-0.2, 0) is 17.6 Å². The Kier molecular flexibility index (Phi) is 7.07. The molecule has 0 aliphatic heterocycles. The van der Waals surface area contributed by atoms with E-state index in [4.69, 9.17) is 5.73 Å². The molecule has 0 unspecified atom stereocenters. The molecular formula is C20H23N5O2S. The largest absolute Gasteiger partial charge is 0.387 e. The SMILES string of the molecule is Nc1nc(CC(=O)Nc2ccc(CCNC[C@H](O)c3cccnc3)cc2)cs1. The average molecular weight is 398 g/mol. The van der Waals surface area contributed by atoms with Gasteiger partial charge in [-0.1, -0.05) is 18.2 Å². The van der Waals surface area contributed by atoms with Gasteiger partial charge < -0.3 is 21.5 Å². The van der Waals surface area contributed by atoms with Gasteiger partial charge in [0.2, 0.25) is 5.91 Å². The maximum Gasteiger partial charge on any atom is 0.230 e. The maximum absolute atomic E-state index is 12.0. The lowest BCUT2D eigenvalue weighted by Gasteiger charge is -2.12. The van der Waals surface area contributed by atoms with Crippen LogP contribution < -0.4 is 16.4 Å². The number of nitrogens with zero attached hydrogens (tertiary/aromatic N) is 2. The molecule has 0 saturated heterocycles. The molecule has 28 heavy (non-hydrogen) atoms. The summed E-state index contributed by atoms with van der Waals surface area (Å²) in [5.41, 5.74) is 8.95. The Morgan fingerprint density at radius 3 is 2.75 bits per heavy atom. The van der Waals surface area contributed by atoms with Crippen LogP contribution in [0.15, 0.2) is 54.2 Å². The van der Waals surface area contributed by atoms with E-state index >= 15 is 0 Å². The van der Waals surface area contributed by atoms with Crippen molar-refractivity contribution < 1.29 is 9.90 Å². The van der Waals surface area contributed by atoms with Crippen LogP contribution in [0.1, 0.15) is 22.9 Å². The third-order valence-corrected chi connectivity index (χ3v) is 4.87. The summed E-state index contributed by atoms with van der Waals surface area (Å²) in [5, 5.41) is 18.4. The second-order valence-corrected chi connectivity index (χ2v) is 7.24. The summed E-state index contributed by atoms with van der Waals surface area (Å²) in [6.07, 6.45) is 3.82. The van der Waals surface area contributed by atoms with E-state index in [1.54, 1.807) is 17.8 Å². The number of aliphatic hydroxyl groups excluding tert-OH is 1. The standard InChI is InChI=1S/C20H23N5O2S/c21-20-25-17(13-28-20)10-19(27)24-16-5-3-14(4-6-16)7-9-23-12-18(26)15-2-1-8-22-11-15/h1-6,8,11,13,18,23,26H,7,9-10,12H2,(H2,21,25)(H,24,27)/t18-/m0/s1. The number of carbonyl (C=O) groups excluding carboxylic acids is 1. The van der Waals surface area contributed by atoms with Gasteiger partial charge in [0, 0.05) is 35.6 Å². The summed E-state index contributed by atoms with van der Waals surface area (Å²) in [6, 6.07) is 11.4. The van der Waals surface area contributed by atoms with Crippen molar-refractivity contribution in [3.05, 3.63) is 71.0 Å². The van der Waals surface area contributed by atoms with E-state index in [2.05, 4.69) is 20.6 Å². The molecule has 146 valence electrons. The lowest BCUT2D eigenvalue weighted by Crippen LogP contribution is -2.23. The molecule has 1 atom stereocenters. The summed E-state index contributed by atoms with van der Waals surface area (Å²) < 4.78 is 0. The fourth-order valence-corrected chi connectivity index (χ4v) is 3.25. The summed E-state index contributed by atoms with van der Waals surface area (Å²) >= 11 is 1.33. The summed E-state index contributed by atoms with van der Waals surface area (Å²) in [6.45, 7) is 1.22. The van der Waals surface area contributed by atoms with E-state index in [1.165, 1.54) is 11.3 Å². The van der Waals surface area contributed by atoms with E-state index in [0.717, 1.165) is 29.8 Å². The molecule has 5 N–H and O–H groups in total. The van der Waals surface area contributed by atoms with Crippen LogP contribution >= 0.6 is 11.3 Å². The summed E-state index contributed by atoms with van der Waals surface area (Å²) in [7, 11) is 0. The molecule has 1 aromatic carbocycles. The van der Waals surface area contributed by atoms with Gasteiger partial charge in [0.1, 0.15) is 0 Å². The molecule has 1 amide bonds. The monoisotopic (exact) mass is 397 g/mol. The molecule has 7 nitrogen and oxygen atoms in total. The molecule has 3 rings (SSSR count). The minimum absolute atomic E-state index is 0.121. The highest BCUT2D eigenvalue weighted by Crippen LogP contribution is 2.14. The number of rotatable bonds is 9. The molecule has 0 spiro atoms. The van der Waals surface area contributed by atoms with Gasteiger partial charge >= 0.3 is 0 Å². The number of nitrogen functional groups attached to an aromatic ring is 1. The Balaban J connectivity index is 1.38. The quantitative estimate of drug-likeness (QED) is 0.412. The number of nitrogens with one attached hydrogen (secondary N) is 2. The Bertz CT molecular complexity index is 883. The molecule has 0 bridgehead atoms. The van der Waals surface area contributed by atoms with Crippen molar-refractivity contribution in [3.8, 4) is 0 Å². The van der Waals surface area contributed by atoms with Crippen LogP contribution in [0.25, 0.3) is 0 Å². The van der Waals surface area contributed by atoms with E-state index in [1.807, 2.05) is 36.4 Å². The number of anilines is 2. The van der Waals surface area contributed by atoms with Crippen molar-refractivity contribution in [2.24, 2.45) is 0 Å². The van der Waals surface area contributed by atoms with Gasteiger partial charge in [0.05, 0.1) is 18.2 Å². The third kappa shape index (κ3) is 6.12. The second-order valence-electron chi connectivity index (χ2n) is 6.36. The van der Waals surface area contributed by atoms with Crippen molar-refractivity contribution in [2.45, 2.75) is 18.9 Å². The van der Waals surface area contributed by atoms with E-state index in [9.17, 15) is 9.90 Å². The molecule has 0 fully saturated rings. The number of hydrogen-bond acceptors (Lipinski definition) is 7. The Labute approximate surface area is 167 Å². The van der Waals surface area contributed by atoms with Gasteiger partial charge in [0.25, 0.3) is 0 Å². The number of benzene rings is 1. The highest BCUT2D eigenvalue weighted by molar-refractivity contribution is 7.13. The first-order valence-electron chi connectivity index (χ1n) is 8.97. The number of hydrogen-bond donors (Lipinski definition) is 4. The predicted molar refractivity (Wildman–Crippen MR) is 111 cm³/mol.